The molecule has 0 spiro atoms. The summed E-state index contributed by atoms with van der Waals surface area (Å²) in [4.78, 5) is 4.69. The smallest absolute Gasteiger partial charge is 0.138 e. The maximum Gasteiger partial charge on any atom is 0.138 e. The summed E-state index contributed by atoms with van der Waals surface area (Å²) in [6, 6.07) is 7.74. The highest BCUT2D eigenvalue weighted by Crippen LogP contribution is 2.35. The van der Waals surface area contributed by atoms with Crippen molar-refractivity contribution in [1.29, 1.82) is 0 Å². The molecule has 1 aromatic carbocycles. The average Bonchev–Trinajstić information content (AvgIpc) is 2.91. The molecule has 108 valence electrons. The highest BCUT2D eigenvalue weighted by atomic mass is 35.5. The van der Waals surface area contributed by atoms with Gasteiger partial charge >= 0.3 is 0 Å². The maximum atomic E-state index is 6.39. The molecule has 0 saturated carbocycles. The van der Waals surface area contributed by atoms with Crippen LogP contribution in [0.3, 0.4) is 0 Å². The number of ether oxygens (including phenoxy) is 1. The molecule has 4 nitrogen and oxygen atoms in total. The number of pyridine rings is 1. The summed E-state index contributed by atoms with van der Waals surface area (Å²) in [7, 11) is 1.61. The van der Waals surface area contributed by atoms with Crippen LogP contribution in [0.2, 0.25) is 5.02 Å². The van der Waals surface area contributed by atoms with Gasteiger partial charge in [0.25, 0.3) is 0 Å². The van der Waals surface area contributed by atoms with Crippen molar-refractivity contribution in [2.45, 2.75) is 20.4 Å². The van der Waals surface area contributed by atoms with Crippen LogP contribution >= 0.6 is 11.6 Å². The first-order chi connectivity index (χ1) is 10.2. The van der Waals surface area contributed by atoms with Crippen molar-refractivity contribution in [3.8, 4) is 17.0 Å². The second kappa shape index (κ2) is 5.37. The van der Waals surface area contributed by atoms with Gasteiger partial charge < -0.3 is 4.74 Å². The third kappa shape index (κ3) is 2.25. The number of aromatic nitrogens is 3. The lowest BCUT2D eigenvalue weighted by Gasteiger charge is -2.10. The number of rotatable bonds is 3. The van der Waals surface area contributed by atoms with Gasteiger partial charge in [-0.25, -0.2) is 4.98 Å². The number of nitrogens with zero attached hydrogens (tertiary/aromatic N) is 3. The highest BCUT2D eigenvalue weighted by molar-refractivity contribution is 6.34. The summed E-state index contributed by atoms with van der Waals surface area (Å²) in [5, 5.41) is 4.94. The van der Waals surface area contributed by atoms with Gasteiger partial charge in [0.15, 0.2) is 0 Å². The van der Waals surface area contributed by atoms with E-state index in [0.717, 1.165) is 34.4 Å². The number of halogens is 1. The van der Waals surface area contributed by atoms with E-state index in [1.165, 1.54) is 0 Å². The van der Waals surface area contributed by atoms with E-state index in [2.05, 4.69) is 23.9 Å². The number of fused-ring (bicyclic) bond motifs is 1. The van der Waals surface area contributed by atoms with Gasteiger partial charge in [-0.15, -0.1) is 0 Å². The Balaban J connectivity index is 2.22. The van der Waals surface area contributed by atoms with Crippen LogP contribution in [-0.4, -0.2) is 21.9 Å². The number of benzene rings is 1. The summed E-state index contributed by atoms with van der Waals surface area (Å²) < 4.78 is 7.22. The molecule has 0 aliphatic rings. The normalized spacial score (nSPS) is 11.0. The zero-order chi connectivity index (χ0) is 15.0. The van der Waals surface area contributed by atoms with Gasteiger partial charge in [-0.3, -0.25) is 4.68 Å². The Hall–Kier alpha value is -2.07. The topological polar surface area (TPSA) is 39.9 Å². The van der Waals surface area contributed by atoms with Gasteiger partial charge in [-0.1, -0.05) is 23.7 Å². The van der Waals surface area contributed by atoms with E-state index in [9.17, 15) is 0 Å². The Morgan fingerprint density at radius 2 is 2.14 bits per heavy atom. The third-order valence-corrected chi connectivity index (χ3v) is 3.94. The molecule has 0 fully saturated rings. The van der Waals surface area contributed by atoms with Gasteiger partial charge in [0, 0.05) is 12.1 Å². The molecule has 2 aromatic heterocycles. The zero-order valence-electron chi connectivity index (χ0n) is 12.2. The average molecular weight is 302 g/mol. The first-order valence-electron chi connectivity index (χ1n) is 6.81. The molecule has 0 radical (unpaired) electrons. The monoisotopic (exact) mass is 301 g/mol. The molecular formula is C16H16ClN3O. The molecule has 3 rings (SSSR count). The molecule has 0 unspecified atom stereocenters. The van der Waals surface area contributed by atoms with E-state index in [4.69, 9.17) is 16.3 Å². The van der Waals surface area contributed by atoms with Crippen LogP contribution in [-0.2, 0) is 6.54 Å². The molecule has 2 heterocycles. The van der Waals surface area contributed by atoms with Gasteiger partial charge in [0.2, 0.25) is 0 Å². The molecule has 0 aliphatic heterocycles. The van der Waals surface area contributed by atoms with Gasteiger partial charge in [0.05, 0.1) is 29.5 Å². The van der Waals surface area contributed by atoms with Crippen molar-refractivity contribution in [2.24, 2.45) is 0 Å². The maximum absolute atomic E-state index is 6.39. The van der Waals surface area contributed by atoms with Crippen molar-refractivity contribution in [2.75, 3.05) is 7.11 Å². The minimum Gasteiger partial charge on any atom is -0.495 e. The summed E-state index contributed by atoms with van der Waals surface area (Å²) in [6.45, 7) is 4.96. The summed E-state index contributed by atoms with van der Waals surface area (Å²) in [5.41, 5.74) is 4.78. The summed E-state index contributed by atoms with van der Waals surface area (Å²) in [6.07, 6.45) is 1.80. The molecule has 21 heavy (non-hydrogen) atoms. The lowest BCUT2D eigenvalue weighted by molar-refractivity contribution is 0.415. The molecule has 5 heteroatoms. The number of aryl methyl sites for hydroxylation is 2. The first kappa shape index (κ1) is 13.9. The standard InChI is InChI=1S/C16H16ClN3O/c1-4-20-16-10(2)8-12(19-13(16)9-18-20)11-6-5-7-14(21-3)15(11)17/h5-9H,4H2,1-3H3. The van der Waals surface area contributed by atoms with Crippen LogP contribution in [0.5, 0.6) is 5.75 Å². The van der Waals surface area contributed by atoms with E-state index in [0.29, 0.717) is 10.8 Å². The Bertz CT molecular complexity index is 811. The van der Waals surface area contributed by atoms with E-state index in [-0.39, 0.29) is 0 Å². The van der Waals surface area contributed by atoms with E-state index in [1.807, 2.05) is 28.9 Å². The molecule has 0 atom stereocenters. The number of hydrogen-bond acceptors (Lipinski definition) is 3. The molecule has 0 N–H and O–H groups in total. The minimum absolute atomic E-state index is 0.578. The quantitative estimate of drug-likeness (QED) is 0.731. The van der Waals surface area contributed by atoms with Crippen molar-refractivity contribution in [1.82, 2.24) is 14.8 Å². The largest absolute Gasteiger partial charge is 0.495 e. The van der Waals surface area contributed by atoms with Crippen molar-refractivity contribution < 1.29 is 4.74 Å². The van der Waals surface area contributed by atoms with E-state index >= 15 is 0 Å². The number of methoxy groups -OCH3 is 1. The first-order valence-corrected chi connectivity index (χ1v) is 7.19. The molecule has 0 aliphatic carbocycles. The number of hydrogen-bond donors (Lipinski definition) is 0. The predicted molar refractivity (Wildman–Crippen MR) is 84.9 cm³/mol. The van der Waals surface area contributed by atoms with Crippen LogP contribution in [0.25, 0.3) is 22.3 Å². The van der Waals surface area contributed by atoms with Crippen LogP contribution in [0.15, 0.2) is 30.5 Å². The molecule has 3 aromatic rings. The summed E-state index contributed by atoms with van der Waals surface area (Å²) in [5.74, 6) is 0.651. The van der Waals surface area contributed by atoms with Gasteiger partial charge in [-0.05, 0) is 31.5 Å². The predicted octanol–water partition coefficient (Wildman–Crippen LogP) is 4.09. The summed E-state index contributed by atoms with van der Waals surface area (Å²) >= 11 is 6.39. The molecule has 0 amide bonds. The fraction of sp³-hybridized carbons (Fsp3) is 0.250. The fourth-order valence-corrected chi connectivity index (χ4v) is 2.84. The van der Waals surface area contributed by atoms with Crippen molar-refractivity contribution in [3.05, 3.63) is 41.0 Å². The Kier molecular flexibility index (Phi) is 3.55. The molecule has 0 bridgehead atoms. The fourth-order valence-electron chi connectivity index (χ4n) is 2.54. The van der Waals surface area contributed by atoms with Gasteiger partial charge in [0.1, 0.15) is 11.3 Å². The Morgan fingerprint density at radius 3 is 2.86 bits per heavy atom. The Morgan fingerprint density at radius 1 is 1.33 bits per heavy atom. The third-order valence-electron chi connectivity index (χ3n) is 3.55. The lowest BCUT2D eigenvalue weighted by Crippen LogP contribution is -1.98. The van der Waals surface area contributed by atoms with E-state index in [1.54, 1.807) is 13.3 Å². The van der Waals surface area contributed by atoms with E-state index < -0.39 is 0 Å². The Labute approximate surface area is 128 Å². The lowest BCUT2D eigenvalue weighted by atomic mass is 10.1. The van der Waals surface area contributed by atoms with Crippen LogP contribution in [0, 0.1) is 6.92 Å². The van der Waals surface area contributed by atoms with Crippen LogP contribution in [0.4, 0.5) is 0 Å². The second-order valence-corrected chi connectivity index (χ2v) is 5.22. The second-order valence-electron chi connectivity index (χ2n) is 4.84. The van der Waals surface area contributed by atoms with Crippen LogP contribution in [0.1, 0.15) is 12.5 Å². The molecular weight excluding hydrogens is 286 g/mol. The van der Waals surface area contributed by atoms with Gasteiger partial charge in [-0.2, -0.15) is 5.10 Å². The van der Waals surface area contributed by atoms with Crippen molar-refractivity contribution >= 4 is 22.6 Å². The SMILES string of the molecule is CCn1ncc2nc(-c3cccc(OC)c3Cl)cc(C)c21. The highest BCUT2D eigenvalue weighted by Gasteiger charge is 2.13. The zero-order valence-corrected chi connectivity index (χ0v) is 13.0. The minimum atomic E-state index is 0.578. The van der Waals surface area contributed by atoms with Crippen molar-refractivity contribution in [3.63, 3.8) is 0 Å². The van der Waals surface area contributed by atoms with Crippen LogP contribution < -0.4 is 4.74 Å². The molecule has 0 saturated heterocycles.